The molecule has 3 nitrogen and oxygen atoms in total. The molecular formula is C16H20N2OS. The molecule has 20 heavy (non-hydrogen) atoms. The SMILES string of the molecule is Cc1cccc(CN(C)CC(=O)c2cc(C)sc2C)n1. The summed E-state index contributed by atoms with van der Waals surface area (Å²) in [5.41, 5.74) is 2.86. The Morgan fingerprint density at radius 2 is 2.05 bits per heavy atom. The molecule has 0 fully saturated rings. The van der Waals surface area contributed by atoms with E-state index < -0.39 is 0 Å². The third-order valence-electron chi connectivity index (χ3n) is 3.13. The fourth-order valence-electron chi connectivity index (χ4n) is 2.26. The molecule has 0 aliphatic rings. The maximum Gasteiger partial charge on any atom is 0.177 e. The van der Waals surface area contributed by atoms with Gasteiger partial charge in [0.05, 0.1) is 12.2 Å². The van der Waals surface area contributed by atoms with Crippen LogP contribution in [0.15, 0.2) is 24.3 Å². The van der Waals surface area contributed by atoms with E-state index in [-0.39, 0.29) is 5.78 Å². The molecule has 0 bridgehead atoms. The molecule has 0 spiro atoms. The summed E-state index contributed by atoms with van der Waals surface area (Å²) in [6, 6.07) is 7.96. The van der Waals surface area contributed by atoms with Crippen molar-refractivity contribution < 1.29 is 4.79 Å². The zero-order chi connectivity index (χ0) is 14.7. The minimum Gasteiger partial charge on any atom is -0.293 e. The van der Waals surface area contributed by atoms with Crippen molar-refractivity contribution in [2.24, 2.45) is 0 Å². The molecule has 0 atom stereocenters. The number of aryl methyl sites for hydroxylation is 3. The number of nitrogens with zero attached hydrogens (tertiary/aromatic N) is 2. The van der Waals surface area contributed by atoms with Gasteiger partial charge in [-0.3, -0.25) is 14.7 Å². The first kappa shape index (κ1) is 14.9. The minimum atomic E-state index is 0.182. The standard InChI is InChI=1S/C16H20N2OS/c1-11-6-5-7-14(17-11)9-18(4)10-16(19)15-8-12(2)20-13(15)3/h5-8H,9-10H2,1-4H3. The topological polar surface area (TPSA) is 33.2 Å². The van der Waals surface area contributed by atoms with Crippen LogP contribution in [-0.2, 0) is 6.54 Å². The monoisotopic (exact) mass is 288 g/mol. The largest absolute Gasteiger partial charge is 0.293 e. The lowest BCUT2D eigenvalue weighted by Crippen LogP contribution is -2.26. The summed E-state index contributed by atoms with van der Waals surface area (Å²) in [5, 5.41) is 0. The van der Waals surface area contributed by atoms with Gasteiger partial charge in [0.15, 0.2) is 5.78 Å². The molecule has 2 aromatic rings. The van der Waals surface area contributed by atoms with Gasteiger partial charge in [-0.05, 0) is 46.0 Å². The van der Waals surface area contributed by atoms with E-state index in [1.165, 1.54) is 4.88 Å². The summed E-state index contributed by atoms with van der Waals surface area (Å²) in [7, 11) is 1.95. The van der Waals surface area contributed by atoms with Crippen molar-refractivity contribution in [3.8, 4) is 0 Å². The summed E-state index contributed by atoms with van der Waals surface area (Å²) >= 11 is 1.68. The number of hydrogen-bond donors (Lipinski definition) is 0. The third kappa shape index (κ3) is 3.74. The van der Waals surface area contributed by atoms with E-state index in [0.29, 0.717) is 13.1 Å². The fourth-order valence-corrected chi connectivity index (χ4v) is 3.20. The van der Waals surface area contributed by atoms with Crippen molar-refractivity contribution >= 4 is 17.1 Å². The zero-order valence-corrected chi connectivity index (χ0v) is 13.3. The smallest absolute Gasteiger partial charge is 0.177 e. The highest BCUT2D eigenvalue weighted by Gasteiger charge is 2.14. The van der Waals surface area contributed by atoms with Crippen molar-refractivity contribution in [1.82, 2.24) is 9.88 Å². The number of hydrogen-bond acceptors (Lipinski definition) is 4. The van der Waals surface area contributed by atoms with Gasteiger partial charge in [-0.25, -0.2) is 0 Å². The molecule has 0 aliphatic heterocycles. The van der Waals surface area contributed by atoms with E-state index in [2.05, 4.69) is 4.98 Å². The second-order valence-corrected chi connectivity index (χ2v) is 6.65. The van der Waals surface area contributed by atoms with Gasteiger partial charge < -0.3 is 0 Å². The first-order chi connectivity index (χ1) is 9.45. The molecular weight excluding hydrogens is 268 g/mol. The lowest BCUT2D eigenvalue weighted by Gasteiger charge is -2.15. The van der Waals surface area contributed by atoms with Gasteiger partial charge in [0.1, 0.15) is 0 Å². The van der Waals surface area contributed by atoms with E-state index in [4.69, 9.17) is 0 Å². The van der Waals surface area contributed by atoms with E-state index in [1.807, 2.05) is 57.0 Å². The van der Waals surface area contributed by atoms with Crippen molar-refractivity contribution in [2.75, 3.05) is 13.6 Å². The quantitative estimate of drug-likeness (QED) is 0.791. The third-order valence-corrected chi connectivity index (χ3v) is 4.10. The van der Waals surface area contributed by atoms with E-state index >= 15 is 0 Å². The highest BCUT2D eigenvalue weighted by Crippen LogP contribution is 2.21. The first-order valence-corrected chi connectivity index (χ1v) is 7.48. The maximum absolute atomic E-state index is 12.3. The number of ketones is 1. The number of pyridine rings is 1. The number of likely N-dealkylation sites (N-methyl/N-ethyl adjacent to an activating group) is 1. The van der Waals surface area contributed by atoms with Gasteiger partial charge >= 0.3 is 0 Å². The Morgan fingerprint density at radius 3 is 2.65 bits per heavy atom. The van der Waals surface area contributed by atoms with Crippen LogP contribution in [0.25, 0.3) is 0 Å². The van der Waals surface area contributed by atoms with Crippen LogP contribution >= 0.6 is 11.3 Å². The van der Waals surface area contributed by atoms with Crippen molar-refractivity contribution in [2.45, 2.75) is 27.3 Å². The lowest BCUT2D eigenvalue weighted by molar-refractivity contribution is 0.0942. The van der Waals surface area contributed by atoms with Gasteiger partial charge in [0, 0.05) is 27.6 Å². The highest BCUT2D eigenvalue weighted by molar-refractivity contribution is 7.12. The highest BCUT2D eigenvalue weighted by atomic mass is 32.1. The molecule has 0 aliphatic carbocycles. The number of aromatic nitrogens is 1. The van der Waals surface area contributed by atoms with E-state index in [0.717, 1.165) is 21.8 Å². The second kappa shape index (κ2) is 6.29. The molecule has 0 radical (unpaired) electrons. The number of rotatable bonds is 5. The molecule has 0 amide bonds. The molecule has 4 heteroatoms. The molecule has 2 rings (SSSR count). The molecule has 2 aromatic heterocycles. The number of carbonyl (C=O) groups is 1. The number of carbonyl (C=O) groups excluding carboxylic acids is 1. The number of thiophene rings is 1. The maximum atomic E-state index is 12.3. The Morgan fingerprint density at radius 1 is 1.30 bits per heavy atom. The van der Waals surface area contributed by atoms with Crippen molar-refractivity contribution in [1.29, 1.82) is 0 Å². The second-order valence-electron chi connectivity index (χ2n) is 5.19. The minimum absolute atomic E-state index is 0.182. The molecule has 0 aromatic carbocycles. The van der Waals surface area contributed by atoms with Crippen LogP contribution in [0, 0.1) is 20.8 Å². The van der Waals surface area contributed by atoms with Gasteiger partial charge in [0.25, 0.3) is 0 Å². The van der Waals surface area contributed by atoms with Crippen LogP contribution in [0.3, 0.4) is 0 Å². The van der Waals surface area contributed by atoms with Crippen LogP contribution in [0.4, 0.5) is 0 Å². The molecule has 0 saturated carbocycles. The lowest BCUT2D eigenvalue weighted by atomic mass is 10.1. The average Bonchev–Trinajstić information content (AvgIpc) is 2.68. The number of Topliss-reactive ketones (excluding diaryl/α,β-unsaturated/α-hetero) is 1. The van der Waals surface area contributed by atoms with Crippen LogP contribution in [0.5, 0.6) is 0 Å². The zero-order valence-electron chi connectivity index (χ0n) is 12.4. The Hall–Kier alpha value is -1.52. The Bertz CT molecular complexity index is 619. The van der Waals surface area contributed by atoms with Crippen molar-refractivity contribution in [3.05, 3.63) is 51.0 Å². The summed E-state index contributed by atoms with van der Waals surface area (Å²) in [5.74, 6) is 0.182. The van der Waals surface area contributed by atoms with Crippen LogP contribution in [-0.4, -0.2) is 29.3 Å². The summed E-state index contributed by atoms with van der Waals surface area (Å²) in [6.45, 7) is 7.14. The normalized spacial score (nSPS) is 11.1. The van der Waals surface area contributed by atoms with Gasteiger partial charge in [-0.2, -0.15) is 0 Å². The van der Waals surface area contributed by atoms with Gasteiger partial charge in [-0.15, -0.1) is 11.3 Å². The fraction of sp³-hybridized carbons (Fsp3) is 0.375. The molecule has 106 valence electrons. The summed E-state index contributed by atoms with van der Waals surface area (Å²) in [6.07, 6.45) is 0. The predicted octanol–water partition coefficient (Wildman–Crippen LogP) is 3.38. The van der Waals surface area contributed by atoms with Gasteiger partial charge in [0.2, 0.25) is 0 Å². The first-order valence-electron chi connectivity index (χ1n) is 6.67. The van der Waals surface area contributed by atoms with E-state index in [9.17, 15) is 4.79 Å². The molecule has 0 unspecified atom stereocenters. The molecule has 0 saturated heterocycles. The Kier molecular flexibility index (Phi) is 4.68. The van der Waals surface area contributed by atoms with Crippen LogP contribution in [0.2, 0.25) is 0 Å². The molecule has 0 N–H and O–H groups in total. The summed E-state index contributed by atoms with van der Waals surface area (Å²) in [4.78, 5) is 21.1. The van der Waals surface area contributed by atoms with Crippen LogP contribution < -0.4 is 0 Å². The van der Waals surface area contributed by atoms with Crippen LogP contribution in [0.1, 0.15) is 31.5 Å². The Balaban J connectivity index is 1.99. The molecule has 2 heterocycles. The van der Waals surface area contributed by atoms with Crippen molar-refractivity contribution in [3.63, 3.8) is 0 Å². The van der Waals surface area contributed by atoms with Gasteiger partial charge in [-0.1, -0.05) is 6.07 Å². The van der Waals surface area contributed by atoms with E-state index in [1.54, 1.807) is 11.3 Å². The average molecular weight is 288 g/mol. The Labute approximate surface area is 124 Å². The summed E-state index contributed by atoms with van der Waals surface area (Å²) < 4.78 is 0. The predicted molar refractivity (Wildman–Crippen MR) is 83.4 cm³/mol.